The van der Waals surface area contributed by atoms with Gasteiger partial charge in [-0.3, -0.25) is 0 Å². The summed E-state index contributed by atoms with van der Waals surface area (Å²) in [5.41, 5.74) is 3.85. The number of hydrogen-bond acceptors (Lipinski definition) is 2. The van der Waals surface area contributed by atoms with Gasteiger partial charge in [0.2, 0.25) is 5.52 Å². The van der Waals surface area contributed by atoms with E-state index in [9.17, 15) is 0 Å². The molecular weight excluding hydrogens is 300 g/mol. The molecule has 0 unspecified atom stereocenters. The number of benzene rings is 2. The van der Waals surface area contributed by atoms with Crippen LogP contribution in [0.1, 0.15) is 0 Å². The number of rotatable bonds is 0. The minimum absolute atomic E-state index is 0. The average molecular weight is 315 g/mol. The van der Waals surface area contributed by atoms with E-state index in [1.54, 1.807) is 0 Å². The molecule has 4 heteroatoms. The van der Waals surface area contributed by atoms with Crippen LogP contribution in [0.5, 0.6) is 0 Å². The van der Waals surface area contributed by atoms with Gasteiger partial charge in [0.15, 0.2) is 6.20 Å². The molecule has 2 heterocycles. The van der Waals surface area contributed by atoms with E-state index in [0.29, 0.717) is 0 Å². The SMILES string of the molecule is CN1c2ccccc2Sc2c[n+](C)c3ccccc3c21.[Cl-]. The van der Waals surface area contributed by atoms with Gasteiger partial charge in [-0.1, -0.05) is 36.0 Å². The molecule has 0 radical (unpaired) electrons. The molecule has 21 heavy (non-hydrogen) atoms. The third-order valence-electron chi connectivity index (χ3n) is 3.87. The van der Waals surface area contributed by atoms with Crippen LogP contribution in [0.2, 0.25) is 0 Å². The molecule has 0 fully saturated rings. The summed E-state index contributed by atoms with van der Waals surface area (Å²) >= 11 is 1.85. The van der Waals surface area contributed by atoms with Gasteiger partial charge >= 0.3 is 0 Å². The van der Waals surface area contributed by atoms with Gasteiger partial charge in [0.25, 0.3) is 0 Å². The first-order valence-electron chi connectivity index (χ1n) is 6.68. The standard InChI is InChI=1S/C17H15N2S.ClH/c1-18-11-16-17(12-7-3-4-8-13(12)18)19(2)14-9-5-6-10-15(14)20-16;/h3-11H,1-2H3;1H/q+1;/p-1. The predicted molar refractivity (Wildman–Crippen MR) is 83.8 cm³/mol. The zero-order valence-corrected chi connectivity index (χ0v) is 13.4. The second kappa shape index (κ2) is 5.24. The van der Waals surface area contributed by atoms with Crippen LogP contribution >= 0.6 is 11.8 Å². The molecule has 0 bridgehead atoms. The molecule has 3 aromatic rings. The maximum Gasteiger partial charge on any atom is 0.214 e. The molecule has 0 aliphatic carbocycles. The molecule has 0 saturated heterocycles. The summed E-state index contributed by atoms with van der Waals surface area (Å²) in [6.07, 6.45) is 2.23. The molecule has 0 N–H and O–H groups in total. The van der Waals surface area contributed by atoms with Crippen molar-refractivity contribution < 1.29 is 17.0 Å². The molecule has 0 atom stereocenters. The fourth-order valence-corrected chi connectivity index (χ4v) is 4.15. The fraction of sp³-hybridized carbons (Fsp3) is 0.118. The van der Waals surface area contributed by atoms with Gasteiger partial charge in [-0.15, -0.1) is 0 Å². The van der Waals surface area contributed by atoms with Crippen LogP contribution in [0.15, 0.2) is 64.5 Å². The third kappa shape index (κ3) is 2.08. The predicted octanol–water partition coefficient (Wildman–Crippen LogP) is 0.901. The van der Waals surface area contributed by atoms with Crippen molar-refractivity contribution in [2.24, 2.45) is 7.05 Å². The van der Waals surface area contributed by atoms with Gasteiger partial charge < -0.3 is 17.3 Å². The van der Waals surface area contributed by atoms with Crippen LogP contribution in [-0.2, 0) is 7.05 Å². The summed E-state index contributed by atoms with van der Waals surface area (Å²) in [4.78, 5) is 4.94. The van der Waals surface area contributed by atoms with Crippen LogP contribution in [-0.4, -0.2) is 7.05 Å². The number of nitrogens with zero attached hydrogens (tertiary/aromatic N) is 2. The fourth-order valence-electron chi connectivity index (χ4n) is 2.90. The molecule has 0 spiro atoms. The van der Waals surface area contributed by atoms with Crippen molar-refractivity contribution in [3.8, 4) is 0 Å². The Labute approximate surface area is 134 Å². The zero-order chi connectivity index (χ0) is 13.7. The lowest BCUT2D eigenvalue weighted by Crippen LogP contribution is -3.00. The summed E-state index contributed by atoms with van der Waals surface area (Å²) in [6.45, 7) is 0. The van der Waals surface area contributed by atoms with Crippen molar-refractivity contribution in [1.82, 2.24) is 0 Å². The summed E-state index contributed by atoms with van der Waals surface area (Å²) < 4.78 is 2.21. The largest absolute Gasteiger partial charge is 1.00 e. The molecule has 4 rings (SSSR count). The normalized spacial score (nSPS) is 12.6. The summed E-state index contributed by atoms with van der Waals surface area (Å²) in [7, 11) is 4.27. The second-order valence-corrected chi connectivity index (χ2v) is 6.18. The number of fused-ring (bicyclic) bond motifs is 4. The highest BCUT2D eigenvalue weighted by Crippen LogP contribution is 2.48. The Morgan fingerprint density at radius 1 is 0.952 bits per heavy atom. The summed E-state index contributed by atoms with van der Waals surface area (Å²) in [5, 5.41) is 1.30. The second-order valence-electron chi connectivity index (χ2n) is 5.10. The molecule has 1 aromatic heterocycles. The zero-order valence-electron chi connectivity index (χ0n) is 11.9. The average Bonchev–Trinajstić information content (AvgIpc) is 2.47. The van der Waals surface area contributed by atoms with E-state index in [2.05, 4.69) is 78.3 Å². The summed E-state index contributed by atoms with van der Waals surface area (Å²) in [5.74, 6) is 0. The van der Waals surface area contributed by atoms with Crippen molar-refractivity contribution in [3.05, 3.63) is 54.7 Å². The lowest BCUT2D eigenvalue weighted by atomic mass is 10.1. The lowest BCUT2D eigenvalue weighted by Gasteiger charge is -2.29. The highest BCUT2D eigenvalue weighted by molar-refractivity contribution is 7.99. The molecular formula is C17H15ClN2S. The van der Waals surface area contributed by atoms with Crippen LogP contribution in [0, 0.1) is 0 Å². The molecule has 106 valence electrons. The Hall–Kier alpha value is -1.71. The molecule has 2 aromatic carbocycles. The Morgan fingerprint density at radius 3 is 2.52 bits per heavy atom. The van der Waals surface area contributed by atoms with Crippen molar-refractivity contribution in [1.29, 1.82) is 0 Å². The molecule has 2 nitrogen and oxygen atoms in total. The summed E-state index contributed by atoms with van der Waals surface area (Å²) in [6, 6.07) is 17.2. The molecule has 1 aliphatic rings. The number of aryl methyl sites for hydroxylation is 1. The minimum Gasteiger partial charge on any atom is -1.00 e. The van der Waals surface area contributed by atoms with Crippen molar-refractivity contribution >= 4 is 34.0 Å². The number of pyridine rings is 1. The van der Waals surface area contributed by atoms with Gasteiger partial charge in [-0.25, -0.2) is 0 Å². The molecule has 0 amide bonds. The highest BCUT2D eigenvalue weighted by Gasteiger charge is 2.26. The number of halogens is 1. The molecule has 1 aliphatic heterocycles. The minimum atomic E-state index is 0. The van der Waals surface area contributed by atoms with E-state index < -0.39 is 0 Å². The van der Waals surface area contributed by atoms with Crippen LogP contribution < -0.4 is 21.9 Å². The first kappa shape index (κ1) is 14.2. The van der Waals surface area contributed by atoms with Gasteiger partial charge in [0, 0.05) is 18.0 Å². The van der Waals surface area contributed by atoms with Crippen molar-refractivity contribution in [2.75, 3.05) is 11.9 Å². The van der Waals surface area contributed by atoms with E-state index in [1.165, 1.54) is 32.1 Å². The number of hydrogen-bond donors (Lipinski definition) is 0. The topological polar surface area (TPSA) is 7.12 Å². The monoisotopic (exact) mass is 314 g/mol. The Kier molecular flexibility index (Phi) is 3.56. The third-order valence-corrected chi connectivity index (χ3v) is 4.95. The Morgan fingerprint density at radius 2 is 1.67 bits per heavy atom. The van der Waals surface area contributed by atoms with Crippen LogP contribution in [0.25, 0.3) is 10.9 Å². The molecule has 0 saturated carbocycles. The van der Waals surface area contributed by atoms with Crippen molar-refractivity contribution in [2.45, 2.75) is 9.79 Å². The Bertz CT molecular complexity index is 832. The number of para-hydroxylation sites is 2. The van der Waals surface area contributed by atoms with Gasteiger partial charge in [-0.2, -0.15) is 4.57 Å². The first-order chi connectivity index (χ1) is 9.75. The lowest BCUT2D eigenvalue weighted by molar-refractivity contribution is -0.646. The quantitative estimate of drug-likeness (QED) is 0.569. The van der Waals surface area contributed by atoms with Crippen molar-refractivity contribution in [3.63, 3.8) is 0 Å². The first-order valence-corrected chi connectivity index (χ1v) is 7.49. The van der Waals surface area contributed by atoms with Crippen LogP contribution in [0.4, 0.5) is 11.4 Å². The highest BCUT2D eigenvalue weighted by atomic mass is 35.5. The van der Waals surface area contributed by atoms with E-state index in [0.717, 1.165) is 0 Å². The van der Waals surface area contributed by atoms with Gasteiger partial charge in [-0.05, 0) is 18.2 Å². The van der Waals surface area contributed by atoms with E-state index in [-0.39, 0.29) is 12.4 Å². The van der Waals surface area contributed by atoms with E-state index >= 15 is 0 Å². The maximum atomic E-state index is 2.31. The Balaban J connectivity index is 0.00000132. The van der Waals surface area contributed by atoms with E-state index in [1.807, 2.05) is 11.8 Å². The number of anilines is 2. The van der Waals surface area contributed by atoms with E-state index in [4.69, 9.17) is 0 Å². The smallest absolute Gasteiger partial charge is 0.214 e. The van der Waals surface area contributed by atoms with Gasteiger partial charge in [0.05, 0.1) is 16.8 Å². The number of aromatic nitrogens is 1. The van der Waals surface area contributed by atoms with Gasteiger partial charge in [0.1, 0.15) is 11.9 Å². The van der Waals surface area contributed by atoms with Crippen LogP contribution in [0.3, 0.4) is 0 Å². The maximum absolute atomic E-state index is 2.31.